The lowest BCUT2D eigenvalue weighted by Gasteiger charge is -2.15. The van der Waals surface area contributed by atoms with E-state index in [-0.39, 0.29) is 18.4 Å². The Morgan fingerprint density at radius 2 is 1.69 bits per heavy atom. The second-order valence-corrected chi connectivity index (χ2v) is 3.91. The predicted octanol–water partition coefficient (Wildman–Crippen LogP) is 2.64. The first-order valence-corrected chi connectivity index (χ1v) is 5.11. The van der Waals surface area contributed by atoms with Gasteiger partial charge in [0.2, 0.25) is 0 Å². The average Bonchev–Trinajstić information content (AvgIpc) is 2.27. The monoisotopic (exact) mass is 237 g/mol. The van der Waals surface area contributed by atoms with Crippen molar-refractivity contribution in [3.05, 3.63) is 48.0 Å². The van der Waals surface area contributed by atoms with Crippen LogP contribution in [0.5, 0.6) is 0 Å². The van der Waals surface area contributed by atoms with Crippen molar-refractivity contribution in [2.24, 2.45) is 5.73 Å². The Labute approximate surface area is 101 Å². The molecule has 0 bridgehead atoms. The molecule has 16 heavy (non-hydrogen) atoms. The molecule has 0 aliphatic rings. The summed E-state index contributed by atoms with van der Waals surface area (Å²) in [5.41, 5.74) is 6.54. The summed E-state index contributed by atoms with van der Waals surface area (Å²) < 4.78 is 0. The first kappa shape index (κ1) is 13.0. The fraction of sp³-hybridized carbons (Fsp3) is 0.231. The van der Waals surface area contributed by atoms with E-state index < -0.39 is 6.10 Å². The van der Waals surface area contributed by atoms with Gasteiger partial charge in [-0.05, 0) is 29.3 Å². The molecule has 0 spiro atoms. The first-order chi connectivity index (χ1) is 7.18. The molecule has 0 amide bonds. The zero-order valence-electron chi connectivity index (χ0n) is 9.13. The van der Waals surface area contributed by atoms with Crippen LogP contribution < -0.4 is 5.73 Å². The van der Waals surface area contributed by atoms with Crippen LogP contribution in [-0.4, -0.2) is 11.1 Å². The minimum atomic E-state index is -0.588. The largest absolute Gasteiger partial charge is 0.387 e. The van der Waals surface area contributed by atoms with Gasteiger partial charge in [0.1, 0.15) is 0 Å². The maximum Gasteiger partial charge on any atom is 0.0938 e. The third-order valence-electron chi connectivity index (χ3n) is 2.61. The minimum absolute atomic E-state index is 0. The van der Waals surface area contributed by atoms with E-state index in [2.05, 4.69) is 6.07 Å². The Morgan fingerprint density at radius 1 is 1.06 bits per heavy atom. The van der Waals surface area contributed by atoms with Gasteiger partial charge in [-0.3, -0.25) is 0 Å². The summed E-state index contributed by atoms with van der Waals surface area (Å²) in [4.78, 5) is 0. The number of rotatable bonds is 2. The molecule has 0 aliphatic carbocycles. The number of fused-ring (bicyclic) bond motifs is 1. The summed E-state index contributed by atoms with van der Waals surface area (Å²) in [5, 5.41) is 12.1. The molecule has 2 aromatic rings. The Kier molecular flexibility index (Phi) is 4.30. The molecule has 2 nitrogen and oxygen atoms in total. The summed E-state index contributed by atoms with van der Waals surface area (Å²) in [6, 6.07) is 13.8. The Morgan fingerprint density at radius 3 is 2.31 bits per heavy atom. The number of hydrogen-bond donors (Lipinski definition) is 2. The molecule has 2 aromatic carbocycles. The molecule has 3 heteroatoms. The SMILES string of the molecule is C[C@H](N)[C@H](O)c1ccc2ccccc2c1.Cl. The molecule has 0 heterocycles. The van der Waals surface area contributed by atoms with Crippen LogP contribution in [0.4, 0.5) is 0 Å². The van der Waals surface area contributed by atoms with Crippen LogP contribution in [0.2, 0.25) is 0 Å². The summed E-state index contributed by atoms with van der Waals surface area (Å²) >= 11 is 0. The predicted molar refractivity (Wildman–Crippen MR) is 69.8 cm³/mol. The van der Waals surface area contributed by atoms with E-state index in [4.69, 9.17) is 5.73 Å². The van der Waals surface area contributed by atoms with E-state index in [1.54, 1.807) is 6.92 Å². The van der Waals surface area contributed by atoms with Gasteiger partial charge in [-0.1, -0.05) is 36.4 Å². The van der Waals surface area contributed by atoms with Crippen molar-refractivity contribution in [2.75, 3.05) is 0 Å². The highest BCUT2D eigenvalue weighted by atomic mass is 35.5. The van der Waals surface area contributed by atoms with Gasteiger partial charge in [-0.25, -0.2) is 0 Å². The Bertz CT molecular complexity index is 470. The van der Waals surface area contributed by atoms with Crippen LogP contribution in [0.1, 0.15) is 18.6 Å². The van der Waals surface area contributed by atoms with Gasteiger partial charge in [0.25, 0.3) is 0 Å². The lowest BCUT2D eigenvalue weighted by molar-refractivity contribution is 0.153. The second kappa shape index (κ2) is 5.30. The number of hydrogen-bond acceptors (Lipinski definition) is 2. The smallest absolute Gasteiger partial charge is 0.0938 e. The van der Waals surface area contributed by atoms with Crippen LogP contribution in [0, 0.1) is 0 Å². The molecule has 2 rings (SSSR count). The van der Waals surface area contributed by atoms with Gasteiger partial charge in [0.05, 0.1) is 6.10 Å². The number of halogens is 1. The van der Waals surface area contributed by atoms with Crippen LogP contribution in [0.15, 0.2) is 42.5 Å². The number of nitrogens with two attached hydrogens (primary N) is 1. The van der Waals surface area contributed by atoms with E-state index in [0.717, 1.165) is 10.9 Å². The van der Waals surface area contributed by atoms with E-state index in [0.29, 0.717) is 0 Å². The van der Waals surface area contributed by atoms with Gasteiger partial charge in [-0.2, -0.15) is 0 Å². The molecule has 0 aliphatic heterocycles. The van der Waals surface area contributed by atoms with Crippen LogP contribution in [0.25, 0.3) is 10.8 Å². The molecule has 2 atom stereocenters. The minimum Gasteiger partial charge on any atom is -0.387 e. The van der Waals surface area contributed by atoms with Gasteiger partial charge in [-0.15, -0.1) is 12.4 Å². The highest BCUT2D eigenvalue weighted by molar-refractivity contribution is 5.85. The van der Waals surface area contributed by atoms with Crippen molar-refractivity contribution in [1.29, 1.82) is 0 Å². The molecule has 0 radical (unpaired) electrons. The number of aliphatic hydroxyl groups excluding tert-OH is 1. The highest BCUT2D eigenvalue weighted by Crippen LogP contribution is 2.21. The fourth-order valence-electron chi connectivity index (χ4n) is 1.70. The van der Waals surface area contributed by atoms with Crippen LogP contribution >= 0.6 is 12.4 Å². The summed E-state index contributed by atoms with van der Waals surface area (Å²) in [6.07, 6.45) is -0.588. The van der Waals surface area contributed by atoms with Crippen molar-refractivity contribution >= 4 is 23.2 Å². The lowest BCUT2D eigenvalue weighted by Crippen LogP contribution is -2.24. The summed E-state index contributed by atoms with van der Waals surface area (Å²) in [5.74, 6) is 0. The molecule has 0 saturated heterocycles. The Hall–Kier alpha value is -1.09. The van der Waals surface area contributed by atoms with Crippen LogP contribution in [-0.2, 0) is 0 Å². The third kappa shape index (κ3) is 2.53. The van der Waals surface area contributed by atoms with E-state index in [1.807, 2.05) is 36.4 Å². The van der Waals surface area contributed by atoms with Gasteiger partial charge >= 0.3 is 0 Å². The average molecular weight is 238 g/mol. The standard InChI is InChI=1S/C13H15NO.ClH/c1-9(14)13(15)12-7-6-10-4-2-3-5-11(10)8-12;/h2-9,13,15H,14H2,1H3;1H/t9-,13-;/m0./s1. The van der Waals surface area contributed by atoms with Crippen molar-refractivity contribution < 1.29 is 5.11 Å². The van der Waals surface area contributed by atoms with Crippen LogP contribution in [0.3, 0.4) is 0 Å². The summed E-state index contributed by atoms with van der Waals surface area (Å²) in [7, 11) is 0. The van der Waals surface area contributed by atoms with Gasteiger partial charge in [0, 0.05) is 6.04 Å². The Balaban J connectivity index is 0.00000128. The quantitative estimate of drug-likeness (QED) is 0.844. The molecular weight excluding hydrogens is 222 g/mol. The van der Waals surface area contributed by atoms with Crippen molar-refractivity contribution in [3.63, 3.8) is 0 Å². The van der Waals surface area contributed by atoms with Crippen molar-refractivity contribution in [3.8, 4) is 0 Å². The second-order valence-electron chi connectivity index (χ2n) is 3.91. The zero-order chi connectivity index (χ0) is 10.8. The topological polar surface area (TPSA) is 46.2 Å². The maximum atomic E-state index is 9.83. The van der Waals surface area contributed by atoms with E-state index in [1.165, 1.54) is 5.39 Å². The first-order valence-electron chi connectivity index (χ1n) is 5.11. The molecule has 0 saturated carbocycles. The maximum absolute atomic E-state index is 9.83. The number of aliphatic hydroxyl groups is 1. The number of benzene rings is 2. The molecule has 0 fully saturated rings. The van der Waals surface area contributed by atoms with Crippen molar-refractivity contribution in [2.45, 2.75) is 19.1 Å². The molecule has 0 aromatic heterocycles. The van der Waals surface area contributed by atoms with E-state index >= 15 is 0 Å². The normalized spacial score (nSPS) is 14.2. The molecule has 0 unspecified atom stereocenters. The lowest BCUT2D eigenvalue weighted by atomic mass is 10.0. The fourth-order valence-corrected chi connectivity index (χ4v) is 1.70. The van der Waals surface area contributed by atoms with Gasteiger partial charge in [0.15, 0.2) is 0 Å². The highest BCUT2D eigenvalue weighted by Gasteiger charge is 2.12. The third-order valence-corrected chi connectivity index (χ3v) is 2.61. The zero-order valence-corrected chi connectivity index (χ0v) is 9.95. The molecule has 3 N–H and O–H groups in total. The molecule has 86 valence electrons. The molecular formula is C13H16ClNO. The van der Waals surface area contributed by atoms with E-state index in [9.17, 15) is 5.11 Å². The van der Waals surface area contributed by atoms with Gasteiger partial charge < -0.3 is 10.8 Å². The summed E-state index contributed by atoms with van der Waals surface area (Å²) in [6.45, 7) is 1.81. The van der Waals surface area contributed by atoms with Crippen molar-refractivity contribution in [1.82, 2.24) is 0 Å².